The summed E-state index contributed by atoms with van der Waals surface area (Å²) in [7, 11) is 2.57. The number of aromatic nitrogens is 1. The summed E-state index contributed by atoms with van der Waals surface area (Å²) in [6, 6.07) is 0.963. The molecule has 0 fully saturated rings. The highest BCUT2D eigenvalue weighted by molar-refractivity contribution is 5.92. The maximum atomic E-state index is 12.6. The summed E-state index contributed by atoms with van der Waals surface area (Å²) in [5.74, 6) is -1.22. The Hall–Kier alpha value is -1.65. The van der Waals surface area contributed by atoms with Gasteiger partial charge in [-0.2, -0.15) is 4.39 Å². The van der Waals surface area contributed by atoms with Crippen LogP contribution in [0.1, 0.15) is 10.4 Å². The molecule has 0 atom stereocenters. The lowest BCUT2D eigenvalue weighted by Gasteiger charge is -2.04. The Balaban J connectivity index is 3.15. The van der Waals surface area contributed by atoms with Crippen LogP contribution < -0.4 is 4.74 Å². The van der Waals surface area contributed by atoms with Gasteiger partial charge in [0, 0.05) is 6.07 Å². The number of halogens is 1. The zero-order valence-electron chi connectivity index (χ0n) is 7.20. The fraction of sp³-hybridized carbons (Fsp3) is 0.250. The Morgan fingerprint density at radius 3 is 2.77 bits per heavy atom. The van der Waals surface area contributed by atoms with Crippen LogP contribution in [0.4, 0.5) is 4.39 Å². The minimum absolute atomic E-state index is 0.0255. The molecular formula is C8H8FNO3. The predicted octanol–water partition coefficient (Wildman–Crippen LogP) is 1.02. The first-order valence-corrected chi connectivity index (χ1v) is 3.47. The van der Waals surface area contributed by atoms with Crippen LogP contribution in [0.3, 0.4) is 0 Å². The highest BCUT2D eigenvalue weighted by Gasteiger charge is 2.13. The van der Waals surface area contributed by atoms with Gasteiger partial charge < -0.3 is 9.47 Å². The zero-order valence-corrected chi connectivity index (χ0v) is 7.20. The minimum Gasteiger partial charge on any atom is -0.494 e. The summed E-state index contributed by atoms with van der Waals surface area (Å²) in [6.07, 6.45) is 1.13. The van der Waals surface area contributed by atoms with Gasteiger partial charge in [0.25, 0.3) is 0 Å². The molecule has 0 N–H and O–H groups in total. The first kappa shape index (κ1) is 9.44. The Labute approximate surface area is 74.3 Å². The molecule has 0 aliphatic carbocycles. The van der Waals surface area contributed by atoms with E-state index in [2.05, 4.69) is 9.72 Å². The number of esters is 1. The quantitative estimate of drug-likeness (QED) is 0.509. The Kier molecular flexibility index (Phi) is 2.79. The summed E-state index contributed by atoms with van der Waals surface area (Å²) < 4.78 is 21.8. The van der Waals surface area contributed by atoms with E-state index >= 15 is 0 Å². The highest BCUT2D eigenvalue weighted by atomic mass is 19.1. The molecule has 0 aromatic carbocycles. The summed E-state index contributed by atoms with van der Waals surface area (Å²) >= 11 is 0. The monoisotopic (exact) mass is 185 g/mol. The van der Waals surface area contributed by atoms with Crippen molar-refractivity contribution in [2.75, 3.05) is 14.2 Å². The molecular weight excluding hydrogens is 177 g/mol. The first-order valence-electron chi connectivity index (χ1n) is 3.47. The first-order chi connectivity index (χ1) is 6.19. The Bertz CT molecular complexity index is 327. The SMILES string of the molecule is COC(=O)c1cc(F)ncc1OC. The van der Waals surface area contributed by atoms with E-state index in [1.54, 1.807) is 0 Å². The molecule has 1 rings (SSSR count). The van der Waals surface area contributed by atoms with Crippen LogP contribution in [-0.4, -0.2) is 25.2 Å². The lowest BCUT2D eigenvalue weighted by molar-refractivity contribution is 0.0596. The summed E-state index contributed by atoms with van der Waals surface area (Å²) in [6.45, 7) is 0. The topological polar surface area (TPSA) is 48.4 Å². The third kappa shape index (κ3) is 1.93. The summed E-state index contributed by atoms with van der Waals surface area (Å²) in [5, 5.41) is 0. The van der Waals surface area contributed by atoms with Crippen LogP contribution >= 0.6 is 0 Å². The lowest BCUT2D eigenvalue weighted by atomic mass is 10.2. The van der Waals surface area contributed by atoms with E-state index in [1.807, 2.05) is 0 Å². The van der Waals surface area contributed by atoms with Crippen LogP contribution in [0, 0.1) is 5.95 Å². The van der Waals surface area contributed by atoms with Crippen molar-refractivity contribution in [3.63, 3.8) is 0 Å². The number of nitrogens with zero attached hydrogens (tertiary/aromatic N) is 1. The van der Waals surface area contributed by atoms with Gasteiger partial charge >= 0.3 is 5.97 Å². The van der Waals surface area contributed by atoms with Gasteiger partial charge in [0.15, 0.2) is 5.75 Å². The molecule has 0 aliphatic rings. The van der Waals surface area contributed by atoms with Crippen molar-refractivity contribution in [1.29, 1.82) is 0 Å². The van der Waals surface area contributed by atoms with Gasteiger partial charge in [-0.15, -0.1) is 0 Å². The van der Waals surface area contributed by atoms with E-state index in [9.17, 15) is 9.18 Å². The molecule has 1 aromatic rings. The number of carbonyl (C=O) groups is 1. The molecule has 4 nitrogen and oxygen atoms in total. The van der Waals surface area contributed by atoms with Crippen molar-refractivity contribution in [2.45, 2.75) is 0 Å². The summed E-state index contributed by atoms with van der Waals surface area (Å²) in [5.41, 5.74) is 0.0255. The van der Waals surface area contributed by atoms with E-state index in [4.69, 9.17) is 4.74 Å². The smallest absolute Gasteiger partial charge is 0.341 e. The average Bonchev–Trinajstić information content (AvgIpc) is 2.16. The number of methoxy groups -OCH3 is 2. The molecule has 0 amide bonds. The largest absolute Gasteiger partial charge is 0.494 e. The molecule has 0 radical (unpaired) electrons. The van der Waals surface area contributed by atoms with Crippen LogP contribution in [0.5, 0.6) is 5.75 Å². The molecule has 0 aliphatic heterocycles. The Morgan fingerprint density at radius 1 is 1.54 bits per heavy atom. The van der Waals surface area contributed by atoms with Gasteiger partial charge in [0.2, 0.25) is 5.95 Å². The normalized spacial score (nSPS) is 9.46. The van der Waals surface area contributed by atoms with Crippen LogP contribution in [0.25, 0.3) is 0 Å². The zero-order chi connectivity index (χ0) is 9.84. The van der Waals surface area contributed by atoms with E-state index in [0.29, 0.717) is 0 Å². The predicted molar refractivity (Wildman–Crippen MR) is 42.1 cm³/mol. The van der Waals surface area contributed by atoms with Crippen molar-refractivity contribution in [1.82, 2.24) is 4.98 Å². The van der Waals surface area contributed by atoms with Crippen molar-refractivity contribution >= 4 is 5.97 Å². The molecule has 0 bridgehead atoms. The van der Waals surface area contributed by atoms with Gasteiger partial charge in [0.05, 0.1) is 20.4 Å². The van der Waals surface area contributed by atoms with Crippen LogP contribution in [0.2, 0.25) is 0 Å². The number of hydrogen-bond donors (Lipinski definition) is 0. The molecule has 13 heavy (non-hydrogen) atoms. The van der Waals surface area contributed by atoms with Gasteiger partial charge in [0.1, 0.15) is 5.56 Å². The molecule has 0 spiro atoms. The van der Waals surface area contributed by atoms with Crippen molar-refractivity contribution in [3.8, 4) is 5.75 Å². The van der Waals surface area contributed by atoms with E-state index in [0.717, 1.165) is 12.3 Å². The van der Waals surface area contributed by atoms with Gasteiger partial charge in [-0.05, 0) is 0 Å². The van der Waals surface area contributed by atoms with E-state index in [-0.39, 0.29) is 11.3 Å². The number of pyridine rings is 1. The summed E-state index contributed by atoms with van der Waals surface area (Å²) in [4.78, 5) is 14.4. The average molecular weight is 185 g/mol. The molecule has 0 saturated heterocycles. The van der Waals surface area contributed by atoms with Crippen LogP contribution in [-0.2, 0) is 4.74 Å². The third-order valence-electron chi connectivity index (χ3n) is 1.46. The maximum Gasteiger partial charge on any atom is 0.341 e. The second-order valence-electron chi connectivity index (χ2n) is 2.20. The van der Waals surface area contributed by atoms with Crippen LogP contribution in [0.15, 0.2) is 12.3 Å². The van der Waals surface area contributed by atoms with E-state index < -0.39 is 11.9 Å². The van der Waals surface area contributed by atoms with Gasteiger partial charge in [-0.1, -0.05) is 0 Å². The number of hydrogen-bond acceptors (Lipinski definition) is 4. The number of ether oxygens (including phenoxy) is 2. The second-order valence-corrected chi connectivity index (χ2v) is 2.20. The van der Waals surface area contributed by atoms with Crippen molar-refractivity contribution < 1.29 is 18.7 Å². The molecule has 0 saturated carbocycles. The molecule has 70 valence electrons. The minimum atomic E-state index is -0.749. The molecule has 1 heterocycles. The molecule has 1 aromatic heterocycles. The standard InChI is InChI=1S/C8H8FNO3/c1-12-6-4-10-7(9)3-5(6)8(11)13-2/h3-4H,1-2H3. The molecule has 5 heteroatoms. The number of carbonyl (C=O) groups excluding carboxylic acids is 1. The van der Waals surface area contributed by atoms with E-state index in [1.165, 1.54) is 14.2 Å². The third-order valence-corrected chi connectivity index (χ3v) is 1.46. The van der Waals surface area contributed by atoms with Gasteiger partial charge in [-0.3, -0.25) is 0 Å². The fourth-order valence-electron chi connectivity index (χ4n) is 0.849. The maximum absolute atomic E-state index is 12.6. The number of rotatable bonds is 2. The van der Waals surface area contributed by atoms with Crippen molar-refractivity contribution in [2.24, 2.45) is 0 Å². The Morgan fingerprint density at radius 2 is 2.23 bits per heavy atom. The van der Waals surface area contributed by atoms with Gasteiger partial charge in [-0.25, -0.2) is 9.78 Å². The highest BCUT2D eigenvalue weighted by Crippen LogP contribution is 2.17. The molecule has 0 unspecified atom stereocenters. The fourth-order valence-corrected chi connectivity index (χ4v) is 0.849. The second kappa shape index (κ2) is 3.84. The van der Waals surface area contributed by atoms with Crippen molar-refractivity contribution in [3.05, 3.63) is 23.8 Å². The lowest BCUT2D eigenvalue weighted by Crippen LogP contribution is -2.05.